The summed E-state index contributed by atoms with van der Waals surface area (Å²) in [6.07, 6.45) is 6.12. The molecule has 0 saturated heterocycles. The Labute approximate surface area is 66.3 Å². The fourth-order valence-electron chi connectivity index (χ4n) is 0.933. The molecule has 0 N–H and O–H groups in total. The van der Waals surface area contributed by atoms with E-state index in [2.05, 4.69) is 28.6 Å². The molecule has 56 valence electrons. The third-order valence-corrected chi connectivity index (χ3v) is 2.22. The molecule has 1 aromatic rings. The highest BCUT2D eigenvalue weighted by Crippen LogP contribution is 1.94. The van der Waals surface area contributed by atoms with E-state index in [1.54, 1.807) is 11.3 Å². The summed E-state index contributed by atoms with van der Waals surface area (Å²) >= 11 is 1.76. The van der Waals surface area contributed by atoms with E-state index in [9.17, 15) is 0 Å². The van der Waals surface area contributed by atoms with Crippen molar-refractivity contribution in [2.24, 2.45) is 0 Å². The van der Waals surface area contributed by atoms with E-state index < -0.39 is 0 Å². The minimum atomic E-state index is 1.19. The summed E-state index contributed by atoms with van der Waals surface area (Å²) in [5.41, 5.74) is 2.16. The molecule has 2 heteroatoms. The molecule has 0 bridgehead atoms. The van der Waals surface area contributed by atoms with Crippen LogP contribution in [0.25, 0.3) is 0 Å². The number of hydrogen-bond acceptors (Lipinski definition) is 1. The molecule has 10 heavy (non-hydrogen) atoms. The van der Waals surface area contributed by atoms with Gasteiger partial charge in [0.15, 0.2) is 6.20 Å². The van der Waals surface area contributed by atoms with Crippen molar-refractivity contribution >= 4 is 11.3 Å². The van der Waals surface area contributed by atoms with Gasteiger partial charge in [0.1, 0.15) is 6.54 Å². The quantitative estimate of drug-likeness (QED) is 0.465. The van der Waals surface area contributed by atoms with Gasteiger partial charge in [0, 0.05) is 6.42 Å². The summed E-state index contributed by atoms with van der Waals surface area (Å²) in [6, 6.07) is 0. The molecule has 1 rings (SSSR count). The normalized spacial score (nSPS) is 10.1. The van der Waals surface area contributed by atoms with Crippen LogP contribution in [0.5, 0.6) is 0 Å². The second-order valence-corrected chi connectivity index (χ2v) is 3.23. The fourth-order valence-corrected chi connectivity index (χ4v) is 1.56. The van der Waals surface area contributed by atoms with E-state index >= 15 is 0 Å². The molecule has 0 spiro atoms. The van der Waals surface area contributed by atoms with Crippen molar-refractivity contribution in [1.82, 2.24) is 0 Å². The summed E-state index contributed by atoms with van der Waals surface area (Å²) < 4.78 is 2.25. The van der Waals surface area contributed by atoms with Gasteiger partial charge in [-0.1, -0.05) is 24.7 Å². The van der Waals surface area contributed by atoms with Crippen molar-refractivity contribution < 1.29 is 4.57 Å². The Morgan fingerprint density at radius 1 is 1.40 bits per heavy atom. The van der Waals surface area contributed by atoms with E-state index in [1.807, 2.05) is 0 Å². The number of thiazole rings is 1. The molecule has 0 aliphatic rings. The molecule has 0 aliphatic carbocycles. The zero-order valence-electron chi connectivity index (χ0n) is 6.42. The second kappa shape index (κ2) is 4.45. The SMILES string of the molecule is CCCCC[n+]1ccsc1. The lowest BCUT2D eigenvalue weighted by atomic mass is 10.2. The maximum absolute atomic E-state index is 2.25. The first-order valence-electron chi connectivity index (χ1n) is 3.84. The predicted molar refractivity (Wildman–Crippen MR) is 44.0 cm³/mol. The van der Waals surface area contributed by atoms with Gasteiger partial charge in [-0.15, -0.1) is 0 Å². The molecule has 1 heterocycles. The number of hydrogen-bond donors (Lipinski definition) is 0. The topological polar surface area (TPSA) is 3.88 Å². The Hall–Kier alpha value is -0.370. The lowest BCUT2D eigenvalue weighted by Gasteiger charge is -1.90. The molecular formula is C8H14NS+. The van der Waals surface area contributed by atoms with Crippen LogP contribution >= 0.6 is 11.3 Å². The van der Waals surface area contributed by atoms with Crippen LogP contribution in [-0.2, 0) is 6.54 Å². The average molecular weight is 156 g/mol. The molecule has 0 atom stereocenters. The summed E-state index contributed by atoms with van der Waals surface area (Å²) in [6.45, 7) is 3.43. The molecule has 0 saturated carbocycles. The van der Waals surface area contributed by atoms with E-state index in [0.717, 1.165) is 0 Å². The van der Waals surface area contributed by atoms with Crippen molar-refractivity contribution in [2.75, 3.05) is 0 Å². The lowest BCUT2D eigenvalue weighted by molar-refractivity contribution is -0.692. The highest BCUT2D eigenvalue weighted by Gasteiger charge is 1.96. The van der Waals surface area contributed by atoms with E-state index in [4.69, 9.17) is 0 Å². The van der Waals surface area contributed by atoms with Gasteiger partial charge in [-0.05, 0) is 6.42 Å². The number of aromatic nitrogens is 1. The Morgan fingerprint density at radius 2 is 2.30 bits per heavy atom. The average Bonchev–Trinajstić information content (AvgIpc) is 2.41. The lowest BCUT2D eigenvalue weighted by Crippen LogP contribution is -2.29. The van der Waals surface area contributed by atoms with Gasteiger partial charge in [-0.2, -0.15) is 4.57 Å². The largest absolute Gasteiger partial charge is 0.224 e. The smallest absolute Gasteiger partial charge is 0.195 e. The summed E-state index contributed by atoms with van der Waals surface area (Å²) in [7, 11) is 0. The Bertz CT molecular complexity index is 158. The Kier molecular flexibility index (Phi) is 3.44. The zero-order valence-corrected chi connectivity index (χ0v) is 7.23. The first kappa shape index (κ1) is 7.73. The first-order chi connectivity index (χ1) is 4.93. The van der Waals surface area contributed by atoms with Crippen LogP contribution in [0.4, 0.5) is 0 Å². The van der Waals surface area contributed by atoms with Gasteiger partial charge in [-0.25, -0.2) is 0 Å². The molecule has 0 aliphatic heterocycles. The molecule has 0 fully saturated rings. The van der Waals surface area contributed by atoms with E-state index in [0.29, 0.717) is 0 Å². The zero-order chi connectivity index (χ0) is 7.23. The minimum Gasteiger partial charge on any atom is -0.195 e. The standard InChI is InChI=1S/C8H14NS/c1-2-3-4-5-9-6-7-10-8-9/h6-8H,2-5H2,1H3/q+1. The van der Waals surface area contributed by atoms with Crippen LogP contribution in [-0.4, -0.2) is 0 Å². The number of rotatable bonds is 4. The van der Waals surface area contributed by atoms with Gasteiger partial charge >= 0.3 is 0 Å². The van der Waals surface area contributed by atoms with Crippen LogP contribution < -0.4 is 4.57 Å². The molecule has 1 aromatic heterocycles. The van der Waals surface area contributed by atoms with Crippen LogP contribution in [0.1, 0.15) is 26.2 Å². The van der Waals surface area contributed by atoms with E-state index in [-0.39, 0.29) is 0 Å². The van der Waals surface area contributed by atoms with Crippen molar-refractivity contribution in [1.29, 1.82) is 0 Å². The van der Waals surface area contributed by atoms with E-state index in [1.165, 1.54) is 25.8 Å². The maximum atomic E-state index is 2.25. The Balaban J connectivity index is 2.15. The predicted octanol–water partition coefficient (Wildman–Crippen LogP) is 2.23. The molecule has 0 unspecified atom stereocenters. The first-order valence-corrected chi connectivity index (χ1v) is 4.79. The van der Waals surface area contributed by atoms with Gasteiger partial charge in [0.25, 0.3) is 0 Å². The van der Waals surface area contributed by atoms with Gasteiger partial charge < -0.3 is 0 Å². The molecule has 1 nitrogen and oxygen atoms in total. The Morgan fingerprint density at radius 3 is 2.90 bits per heavy atom. The molecular weight excluding hydrogens is 142 g/mol. The highest BCUT2D eigenvalue weighted by molar-refractivity contribution is 7.07. The van der Waals surface area contributed by atoms with Gasteiger partial charge in [0.2, 0.25) is 5.51 Å². The van der Waals surface area contributed by atoms with Gasteiger partial charge in [0.05, 0.1) is 5.38 Å². The molecule has 0 amide bonds. The molecule has 0 radical (unpaired) electrons. The third-order valence-electron chi connectivity index (χ3n) is 1.55. The number of nitrogens with zero attached hydrogens (tertiary/aromatic N) is 1. The molecule has 0 aromatic carbocycles. The second-order valence-electron chi connectivity index (χ2n) is 2.47. The van der Waals surface area contributed by atoms with Crippen LogP contribution in [0, 0.1) is 0 Å². The van der Waals surface area contributed by atoms with Crippen molar-refractivity contribution in [3.63, 3.8) is 0 Å². The van der Waals surface area contributed by atoms with Crippen molar-refractivity contribution in [3.05, 3.63) is 17.1 Å². The maximum Gasteiger partial charge on any atom is 0.224 e. The minimum absolute atomic E-state index is 1.19. The highest BCUT2D eigenvalue weighted by atomic mass is 32.1. The fraction of sp³-hybridized carbons (Fsp3) is 0.625. The van der Waals surface area contributed by atoms with Crippen LogP contribution in [0.15, 0.2) is 17.1 Å². The summed E-state index contributed by atoms with van der Waals surface area (Å²) in [5, 5.41) is 2.12. The number of aryl methyl sites for hydroxylation is 1. The number of unbranched alkanes of at least 4 members (excludes halogenated alkanes) is 2. The van der Waals surface area contributed by atoms with Gasteiger partial charge in [-0.3, -0.25) is 0 Å². The van der Waals surface area contributed by atoms with Crippen molar-refractivity contribution in [3.8, 4) is 0 Å². The van der Waals surface area contributed by atoms with Crippen LogP contribution in [0.3, 0.4) is 0 Å². The van der Waals surface area contributed by atoms with Crippen LogP contribution in [0.2, 0.25) is 0 Å². The summed E-state index contributed by atoms with van der Waals surface area (Å²) in [5.74, 6) is 0. The third kappa shape index (κ3) is 2.48. The monoisotopic (exact) mass is 156 g/mol. The summed E-state index contributed by atoms with van der Waals surface area (Å²) in [4.78, 5) is 0. The van der Waals surface area contributed by atoms with Crippen molar-refractivity contribution in [2.45, 2.75) is 32.7 Å².